The molecule has 0 spiro atoms. The molecule has 4 nitrogen and oxygen atoms in total. The van der Waals surface area contributed by atoms with Gasteiger partial charge in [-0.2, -0.15) is 0 Å². The molecule has 1 saturated heterocycles. The van der Waals surface area contributed by atoms with Gasteiger partial charge in [-0.3, -0.25) is 9.59 Å². The van der Waals surface area contributed by atoms with E-state index in [1.807, 2.05) is 6.08 Å². The number of esters is 1. The molecule has 0 aromatic heterocycles. The van der Waals surface area contributed by atoms with Crippen LogP contribution in [-0.4, -0.2) is 32.3 Å². The average molecular weight is 381 g/mol. The molecule has 4 atom stereocenters. The third-order valence-electron chi connectivity index (χ3n) is 6.42. The summed E-state index contributed by atoms with van der Waals surface area (Å²) in [5.41, 5.74) is 0. The Kier molecular flexibility index (Phi) is 8.08. The molecule has 148 valence electrons. The highest BCUT2D eigenvalue weighted by Crippen LogP contribution is 2.45. The third-order valence-corrected chi connectivity index (χ3v) is 11.1. The van der Waals surface area contributed by atoms with Crippen LogP contribution in [0.15, 0.2) is 12.2 Å². The van der Waals surface area contributed by atoms with Crippen molar-refractivity contribution in [1.29, 1.82) is 0 Å². The Hall–Kier alpha value is -0.943. The van der Waals surface area contributed by atoms with E-state index in [0.29, 0.717) is 12.8 Å². The Morgan fingerprint density at radius 1 is 1.19 bits per heavy atom. The van der Waals surface area contributed by atoms with Crippen LogP contribution < -0.4 is 0 Å². The maximum atomic E-state index is 12.2. The van der Waals surface area contributed by atoms with Crippen molar-refractivity contribution >= 4 is 20.1 Å². The highest BCUT2D eigenvalue weighted by Gasteiger charge is 2.51. The number of carbonyl (C=O) groups excluding carboxylic acids is 2. The van der Waals surface area contributed by atoms with Crippen molar-refractivity contribution in [3.8, 4) is 0 Å². The van der Waals surface area contributed by atoms with Gasteiger partial charge in [0.05, 0.1) is 12.5 Å². The molecule has 5 heteroatoms. The van der Waals surface area contributed by atoms with Gasteiger partial charge in [0.15, 0.2) is 14.1 Å². The van der Waals surface area contributed by atoms with Gasteiger partial charge >= 0.3 is 5.97 Å². The van der Waals surface area contributed by atoms with Crippen molar-refractivity contribution in [3.63, 3.8) is 0 Å². The first-order chi connectivity index (χ1) is 12.5. The summed E-state index contributed by atoms with van der Waals surface area (Å²) in [5, 5.41) is 0. The van der Waals surface area contributed by atoms with Crippen LogP contribution in [0.5, 0.6) is 0 Å². The Labute approximate surface area is 159 Å². The Morgan fingerprint density at radius 2 is 1.88 bits per heavy atom. The first kappa shape index (κ1) is 21.4. The van der Waals surface area contributed by atoms with E-state index in [0.717, 1.165) is 43.8 Å². The molecule has 1 heterocycles. The third kappa shape index (κ3) is 5.07. The normalized spacial score (nSPS) is 28.5. The highest BCUT2D eigenvalue weighted by atomic mass is 28.4. The van der Waals surface area contributed by atoms with E-state index in [2.05, 4.69) is 27.7 Å². The van der Waals surface area contributed by atoms with Crippen LogP contribution in [0.25, 0.3) is 0 Å². The summed E-state index contributed by atoms with van der Waals surface area (Å²) in [6.45, 7) is 8.84. The lowest BCUT2D eigenvalue weighted by Gasteiger charge is -2.34. The lowest BCUT2D eigenvalue weighted by atomic mass is 9.91. The molecule has 0 N–H and O–H groups in total. The molecule has 0 aromatic rings. The second-order valence-corrected chi connectivity index (χ2v) is 12.6. The zero-order valence-electron chi connectivity index (χ0n) is 17.0. The predicted octanol–water partition coefficient (Wildman–Crippen LogP) is 5.03. The number of ketones is 1. The van der Waals surface area contributed by atoms with Crippen LogP contribution >= 0.6 is 0 Å². The minimum Gasteiger partial charge on any atom is -0.462 e. The number of hydrogen-bond acceptors (Lipinski definition) is 4. The molecule has 2 aliphatic rings. The van der Waals surface area contributed by atoms with Crippen LogP contribution in [0.4, 0.5) is 0 Å². The van der Waals surface area contributed by atoms with Crippen LogP contribution in [0.1, 0.15) is 66.2 Å². The van der Waals surface area contributed by atoms with Crippen molar-refractivity contribution in [2.75, 3.05) is 0 Å². The van der Waals surface area contributed by atoms with Gasteiger partial charge in [-0.15, -0.1) is 0 Å². The number of unbranched alkanes of at least 4 members (excludes halogenated alkanes) is 2. The van der Waals surface area contributed by atoms with Crippen molar-refractivity contribution in [3.05, 3.63) is 12.2 Å². The first-order valence-electron chi connectivity index (χ1n) is 10.6. The Morgan fingerprint density at radius 3 is 2.50 bits per heavy atom. The summed E-state index contributed by atoms with van der Waals surface area (Å²) < 4.78 is 12.3. The zero-order chi connectivity index (χ0) is 19.2. The van der Waals surface area contributed by atoms with Gasteiger partial charge in [0.25, 0.3) is 0 Å². The largest absolute Gasteiger partial charge is 0.462 e. The van der Waals surface area contributed by atoms with Gasteiger partial charge in [0.1, 0.15) is 6.10 Å². The topological polar surface area (TPSA) is 52.6 Å². The molecule has 2 fully saturated rings. The number of carbonyl (C=O) groups is 2. The zero-order valence-corrected chi connectivity index (χ0v) is 18.0. The van der Waals surface area contributed by atoms with E-state index in [1.165, 1.54) is 0 Å². The molecule has 2 rings (SSSR count). The maximum absolute atomic E-state index is 12.2. The molecule has 26 heavy (non-hydrogen) atoms. The molecule has 0 radical (unpaired) electrons. The van der Waals surface area contributed by atoms with Gasteiger partial charge in [-0.25, -0.2) is 0 Å². The molecule has 1 aliphatic heterocycles. The predicted molar refractivity (Wildman–Crippen MR) is 106 cm³/mol. The van der Waals surface area contributed by atoms with Gasteiger partial charge in [0, 0.05) is 24.7 Å². The number of rotatable bonds is 11. The molecular formula is C21H36O4Si. The summed E-state index contributed by atoms with van der Waals surface area (Å²) >= 11 is 0. The summed E-state index contributed by atoms with van der Waals surface area (Å²) in [6.07, 6.45) is 8.86. The standard InChI is InChI=1S/C21H36O4Si/c1-5-9-10-11-16(22)12-13-17-18-14-21(23)24-19(18)15-20(17)25-26(6-2,7-3)8-4/h12-13,17-20H,5-11,14-15H2,1-4H3/b13-12+/t17-,18+,19-,20+/m1/s1. The van der Waals surface area contributed by atoms with Crippen LogP contribution in [0, 0.1) is 11.8 Å². The fourth-order valence-electron chi connectivity index (χ4n) is 4.46. The smallest absolute Gasteiger partial charge is 0.306 e. The van der Waals surface area contributed by atoms with E-state index >= 15 is 0 Å². The van der Waals surface area contributed by atoms with Gasteiger partial charge in [-0.1, -0.05) is 46.6 Å². The monoisotopic (exact) mass is 380 g/mol. The number of allylic oxidation sites excluding steroid dienone is 1. The lowest BCUT2D eigenvalue weighted by Crippen LogP contribution is -2.41. The molecule has 1 aliphatic carbocycles. The summed E-state index contributed by atoms with van der Waals surface area (Å²) in [5.74, 6) is 0.384. The van der Waals surface area contributed by atoms with Crippen LogP contribution in [0.3, 0.4) is 0 Å². The van der Waals surface area contributed by atoms with Crippen LogP contribution in [0.2, 0.25) is 18.1 Å². The van der Waals surface area contributed by atoms with E-state index in [4.69, 9.17) is 9.16 Å². The number of ether oxygens (including phenoxy) is 1. The van der Waals surface area contributed by atoms with E-state index in [9.17, 15) is 9.59 Å². The van der Waals surface area contributed by atoms with Crippen molar-refractivity contribution in [1.82, 2.24) is 0 Å². The second kappa shape index (κ2) is 9.84. The fraction of sp³-hybridized carbons (Fsp3) is 0.810. The number of fused-ring (bicyclic) bond motifs is 1. The fourth-order valence-corrected chi connectivity index (χ4v) is 7.36. The van der Waals surface area contributed by atoms with Crippen molar-refractivity contribution < 1.29 is 18.8 Å². The minimum atomic E-state index is -1.73. The molecule has 0 bridgehead atoms. The van der Waals surface area contributed by atoms with Crippen LogP contribution in [-0.2, 0) is 18.8 Å². The van der Waals surface area contributed by atoms with E-state index in [-0.39, 0.29) is 35.8 Å². The summed E-state index contributed by atoms with van der Waals surface area (Å²) in [4.78, 5) is 23.9. The molecule has 1 saturated carbocycles. The Bertz CT molecular complexity index is 504. The highest BCUT2D eigenvalue weighted by molar-refractivity contribution is 6.73. The minimum absolute atomic E-state index is 0.0328. The molecule has 0 unspecified atom stereocenters. The first-order valence-corrected chi connectivity index (χ1v) is 13.1. The van der Waals surface area contributed by atoms with Crippen molar-refractivity contribution in [2.45, 2.75) is 96.6 Å². The van der Waals surface area contributed by atoms with Gasteiger partial charge < -0.3 is 9.16 Å². The summed E-state index contributed by atoms with van der Waals surface area (Å²) in [7, 11) is -1.73. The average Bonchev–Trinajstić information content (AvgIpc) is 3.13. The second-order valence-electron chi connectivity index (χ2n) is 7.89. The molecular weight excluding hydrogens is 344 g/mol. The Balaban J connectivity index is 2.09. The van der Waals surface area contributed by atoms with E-state index < -0.39 is 8.32 Å². The van der Waals surface area contributed by atoms with Gasteiger partial charge in [0.2, 0.25) is 0 Å². The molecule has 0 amide bonds. The maximum Gasteiger partial charge on any atom is 0.306 e. The quantitative estimate of drug-likeness (QED) is 0.218. The number of hydrogen-bond donors (Lipinski definition) is 0. The SMILES string of the molecule is CCCCCC(=O)/C=C/[C@@H]1[C@@H]2CC(=O)O[C@@H]2C[C@@H]1O[Si](CC)(CC)CC. The summed E-state index contributed by atoms with van der Waals surface area (Å²) in [6, 6.07) is 3.33. The van der Waals surface area contributed by atoms with Crippen molar-refractivity contribution in [2.24, 2.45) is 11.8 Å². The lowest BCUT2D eigenvalue weighted by molar-refractivity contribution is -0.141. The molecule has 0 aromatic carbocycles. The van der Waals surface area contributed by atoms with E-state index in [1.54, 1.807) is 6.08 Å². The van der Waals surface area contributed by atoms with Gasteiger partial charge in [-0.05, 0) is 30.6 Å².